The van der Waals surface area contributed by atoms with Crippen LogP contribution in [0.15, 0.2) is 65.1 Å². The minimum Gasteiger partial charge on any atom is -0.445 e. The van der Waals surface area contributed by atoms with Crippen LogP contribution < -0.4 is 5.32 Å². The van der Waals surface area contributed by atoms with E-state index in [0.29, 0.717) is 27.8 Å². The zero-order valence-corrected chi connectivity index (χ0v) is 15.8. The molecule has 1 amide bonds. The van der Waals surface area contributed by atoms with E-state index in [1.165, 1.54) is 7.11 Å². The summed E-state index contributed by atoms with van der Waals surface area (Å²) < 4.78 is 10.7. The van der Waals surface area contributed by atoms with Gasteiger partial charge in [-0.15, -0.1) is 0 Å². The molecule has 2 N–H and O–H groups in total. The van der Waals surface area contributed by atoms with E-state index in [2.05, 4.69) is 5.32 Å². The normalized spacial score (nSPS) is 21.5. The van der Waals surface area contributed by atoms with E-state index in [0.717, 1.165) is 5.56 Å². The van der Waals surface area contributed by atoms with Crippen molar-refractivity contribution in [1.82, 2.24) is 0 Å². The summed E-state index contributed by atoms with van der Waals surface area (Å²) in [4.78, 5) is 12.5. The van der Waals surface area contributed by atoms with E-state index in [-0.39, 0.29) is 0 Å². The molecule has 0 aliphatic carbocycles. The number of carbonyl (C=O) groups is 1. The highest BCUT2D eigenvalue weighted by atomic mass is 35.5. The molecule has 0 spiro atoms. The summed E-state index contributed by atoms with van der Waals surface area (Å²) in [5.41, 5.74) is 0.891. The predicted octanol–water partition coefficient (Wildman–Crippen LogP) is 4.31. The molecule has 4 rings (SSSR count). The van der Waals surface area contributed by atoms with Gasteiger partial charge in [0.15, 0.2) is 16.9 Å². The first-order chi connectivity index (χ1) is 13.5. The molecule has 0 radical (unpaired) electrons. The number of furan rings is 1. The lowest BCUT2D eigenvalue weighted by Crippen LogP contribution is -2.52. The van der Waals surface area contributed by atoms with Gasteiger partial charge in [0.2, 0.25) is 0 Å². The molecule has 0 fully saturated rings. The van der Waals surface area contributed by atoms with E-state index >= 15 is 0 Å². The number of rotatable bonds is 4. The Hall–Kier alpha value is -2.86. The molecule has 3 aromatic rings. The van der Waals surface area contributed by atoms with Crippen molar-refractivity contribution in [3.8, 4) is 0 Å². The Labute approximate surface area is 167 Å². The van der Waals surface area contributed by atoms with Crippen LogP contribution in [0.1, 0.15) is 22.5 Å². The Morgan fingerprint density at radius 3 is 2.61 bits per heavy atom. The third kappa shape index (κ3) is 3.14. The number of carbonyl (C=O) groups excluding carboxylic acids is 1. The molecular weight excluding hydrogens is 378 g/mol. The molecular formula is C22H18ClNO4. The number of halogens is 1. The number of fused-ring (bicyclic) bond motifs is 1. The molecule has 1 aromatic heterocycles. The first-order valence-corrected chi connectivity index (χ1v) is 9.09. The molecule has 2 atom stereocenters. The first-order valence-electron chi connectivity index (χ1n) is 8.72. The summed E-state index contributed by atoms with van der Waals surface area (Å²) >= 11 is 5.80. The topological polar surface area (TPSA) is 71.7 Å². The Morgan fingerprint density at radius 2 is 1.93 bits per heavy atom. The monoisotopic (exact) mass is 395 g/mol. The number of methoxy groups -OCH3 is 1. The van der Waals surface area contributed by atoms with Gasteiger partial charge in [-0.3, -0.25) is 4.79 Å². The predicted molar refractivity (Wildman–Crippen MR) is 108 cm³/mol. The minimum atomic E-state index is -1.62. The lowest BCUT2D eigenvalue weighted by Gasteiger charge is -2.40. The third-order valence-corrected chi connectivity index (χ3v) is 5.02. The van der Waals surface area contributed by atoms with Crippen molar-refractivity contribution in [3.63, 3.8) is 0 Å². The molecule has 2 heterocycles. The van der Waals surface area contributed by atoms with Crippen LogP contribution in [0.3, 0.4) is 0 Å². The molecule has 28 heavy (non-hydrogen) atoms. The van der Waals surface area contributed by atoms with Gasteiger partial charge >= 0.3 is 0 Å². The molecule has 2 unspecified atom stereocenters. The summed E-state index contributed by atoms with van der Waals surface area (Å²) in [7, 11) is 1.41. The number of hydrogen-bond donors (Lipinski definition) is 2. The van der Waals surface area contributed by atoms with E-state index in [1.807, 2.05) is 36.4 Å². The van der Waals surface area contributed by atoms with Crippen LogP contribution >= 0.6 is 11.6 Å². The minimum absolute atomic E-state index is 0.314. The van der Waals surface area contributed by atoms with Gasteiger partial charge in [-0.2, -0.15) is 0 Å². The number of amides is 1. The van der Waals surface area contributed by atoms with Gasteiger partial charge in [0.1, 0.15) is 5.76 Å². The molecule has 0 saturated heterocycles. The second-order valence-electron chi connectivity index (χ2n) is 6.52. The summed E-state index contributed by atoms with van der Waals surface area (Å²) in [5.74, 6) is 0.221. The maximum atomic E-state index is 12.5. The number of benzene rings is 2. The van der Waals surface area contributed by atoms with E-state index < -0.39 is 17.6 Å². The molecule has 6 heteroatoms. The summed E-state index contributed by atoms with van der Waals surface area (Å²) in [6.45, 7) is 0. The second kappa shape index (κ2) is 7.28. The molecule has 2 aromatic carbocycles. The fourth-order valence-corrected chi connectivity index (χ4v) is 3.64. The number of ether oxygens (including phenoxy) is 1. The Morgan fingerprint density at radius 1 is 1.14 bits per heavy atom. The number of nitrogens with one attached hydrogen (secondary N) is 1. The van der Waals surface area contributed by atoms with Crippen LogP contribution in [0.25, 0.3) is 12.2 Å². The van der Waals surface area contributed by atoms with Gasteiger partial charge in [-0.25, -0.2) is 0 Å². The highest BCUT2D eigenvalue weighted by Crippen LogP contribution is 2.42. The molecule has 0 saturated carbocycles. The zero-order valence-electron chi connectivity index (χ0n) is 15.1. The van der Waals surface area contributed by atoms with Gasteiger partial charge < -0.3 is 19.6 Å². The van der Waals surface area contributed by atoms with Gasteiger partial charge in [-0.05, 0) is 53.1 Å². The standard InChI is InChI=1S/C22H18ClNO4/c1-27-20-21(25)24-18-11-8-14(7-9-16-10-12-19(23)28-16)13-17(18)22(20,26)15-5-3-2-4-6-15/h2-13,20,26H,1H3,(H,24,25). The fraction of sp³-hybridized carbons (Fsp3) is 0.136. The van der Waals surface area contributed by atoms with E-state index in [1.54, 1.807) is 36.4 Å². The molecule has 1 aliphatic rings. The Kier molecular flexibility index (Phi) is 4.81. The van der Waals surface area contributed by atoms with Gasteiger partial charge in [0.25, 0.3) is 5.91 Å². The maximum absolute atomic E-state index is 12.5. The highest BCUT2D eigenvalue weighted by Gasteiger charge is 2.49. The third-order valence-electron chi connectivity index (χ3n) is 4.81. The van der Waals surface area contributed by atoms with E-state index in [4.69, 9.17) is 20.8 Å². The molecule has 1 aliphatic heterocycles. The van der Waals surface area contributed by atoms with Crippen LogP contribution in [0.4, 0.5) is 5.69 Å². The smallest absolute Gasteiger partial charge is 0.257 e. The lowest BCUT2D eigenvalue weighted by atomic mass is 9.77. The summed E-state index contributed by atoms with van der Waals surface area (Å²) in [6.07, 6.45) is 2.55. The van der Waals surface area contributed by atoms with Crippen molar-refractivity contribution in [1.29, 1.82) is 0 Å². The maximum Gasteiger partial charge on any atom is 0.257 e. The zero-order chi connectivity index (χ0) is 19.7. The number of hydrogen-bond acceptors (Lipinski definition) is 4. The van der Waals surface area contributed by atoms with Crippen LogP contribution in [-0.4, -0.2) is 24.2 Å². The first kappa shape index (κ1) is 18.5. The highest BCUT2D eigenvalue weighted by molar-refractivity contribution is 6.28. The molecule has 0 bridgehead atoms. The van der Waals surface area contributed by atoms with Crippen molar-refractivity contribution in [2.45, 2.75) is 11.7 Å². The number of aliphatic hydroxyl groups is 1. The van der Waals surface area contributed by atoms with Crippen LogP contribution in [0, 0.1) is 0 Å². The van der Waals surface area contributed by atoms with Crippen LogP contribution in [-0.2, 0) is 15.1 Å². The molecule has 5 nitrogen and oxygen atoms in total. The SMILES string of the molecule is COC1C(=O)Nc2ccc(C=Cc3ccc(Cl)o3)cc2C1(O)c1ccccc1. The fourth-order valence-electron chi connectivity index (χ4n) is 3.49. The Balaban J connectivity index is 1.82. The van der Waals surface area contributed by atoms with Crippen molar-refractivity contribution in [3.05, 3.63) is 88.3 Å². The summed E-state index contributed by atoms with van der Waals surface area (Å²) in [6, 6.07) is 17.9. The Bertz CT molecular complexity index is 1040. The van der Waals surface area contributed by atoms with Gasteiger partial charge in [0, 0.05) is 18.4 Å². The summed E-state index contributed by atoms with van der Waals surface area (Å²) in [5, 5.41) is 14.8. The van der Waals surface area contributed by atoms with Crippen molar-refractivity contribution in [2.75, 3.05) is 12.4 Å². The van der Waals surface area contributed by atoms with Crippen molar-refractivity contribution >= 4 is 35.3 Å². The van der Waals surface area contributed by atoms with Crippen molar-refractivity contribution in [2.24, 2.45) is 0 Å². The van der Waals surface area contributed by atoms with Gasteiger partial charge in [0.05, 0.1) is 0 Å². The van der Waals surface area contributed by atoms with Crippen LogP contribution in [0.2, 0.25) is 5.22 Å². The van der Waals surface area contributed by atoms with Crippen LogP contribution in [0.5, 0.6) is 0 Å². The lowest BCUT2D eigenvalue weighted by molar-refractivity contribution is -0.142. The molecule has 142 valence electrons. The average Bonchev–Trinajstić information content (AvgIpc) is 3.13. The van der Waals surface area contributed by atoms with Crippen molar-refractivity contribution < 1.29 is 19.1 Å². The number of anilines is 1. The largest absolute Gasteiger partial charge is 0.445 e. The quantitative estimate of drug-likeness (QED) is 0.690. The van der Waals surface area contributed by atoms with E-state index in [9.17, 15) is 9.90 Å². The van der Waals surface area contributed by atoms with Gasteiger partial charge in [-0.1, -0.05) is 42.5 Å². The average molecular weight is 396 g/mol. The second-order valence-corrected chi connectivity index (χ2v) is 6.89.